The molecule has 0 bridgehead atoms. The third kappa shape index (κ3) is 3.43. The van der Waals surface area contributed by atoms with E-state index in [0.717, 1.165) is 17.1 Å². The highest BCUT2D eigenvalue weighted by Crippen LogP contribution is 2.32. The molecule has 0 aliphatic rings. The molecule has 2 heterocycles. The number of rotatable bonds is 5. The minimum Gasteiger partial charge on any atom is -0.312 e. The van der Waals surface area contributed by atoms with E-state index in [1.54, 1.807) is 22.7 Å². The molecule has 3 aromatic rings. The van der Waals surface area contributed by atoms with Crippen LogP contribution in [0.5, 0.6) is 0 Å². The second-order valence-electron chi connectivity index (χ2n) is 4.67. The summed E-state index contributed by atoms with van der Waals surface area (Å²) in [6, 6.07) is 12.7. The van der Waals surface area contributed by atoms with Crippen molar-refractivity contribution in [1.29, 1.82) is 0 Å². The minimum atomic E-state index is 0.300. The van der Waals surface area contributed by atoms with Crippen LogP contribution in [0.15, 0.2) is 51.6 Å². The zero-order valence-electron chi connectivity index (χ0n) is 11.5. The summed E-state index contributed by atoms with van der Waals surface area (Å²) < 4.78 is 1.17. The smallest absolute Gasteiger partial charge is 0.0951 e. The van der Waals surface area contributed by atoms with Gasteiger partial charge in [0.05, 0.1) is 10.7 Å². The van der Waals surface area contributed by atoms with E-state index in [1.807, 2.05) is 25.2 Å². The van der Waals surface area contributed by atoms with Crippen LogP contribution < -0.4 is 5.32 Å². The number of nitrogens with one attached hydrogen (secondary N) is 1. The Morgan fingerprint density at radius 1 is 1.19 bits per heavy atom. The van der Waals surface area contributed by atoms with E-state index >= 15 is 0 Å². The van der Waals surface area contributed by atoms with Gasteiger partial charge in [-0.15, -0.1) is 22.7 Å². The van der Waals surface area contributed by atoms with Crippen molar-refractivity contribution in [3.8, 4) is 11.3 Å². The van der Waals surface area contributed by atoms with E-state index in [4.69, 9.17) is 4.98 Å². The van der Waals surface area contributed by atoms with Gasteiger partial charge < -0.3 is 5.32 Å². The van der Waals surface area contributed by atoms with Crippen LogP contribution in [0, 0.1) is 0 Å². The Balaban J connectivity index is 1.79. The summed E-state index contributed by atoms with van der Waals surface area (Å²) in [7, 11) is 2.00. The highest BCUT2D eigenvalue weighted by Gasteiger charge is 2.16. The summed E-state index contributed by atoms with van der Waals surface area (Å²) in [5, 5.41) is 8.80. The van der Waals surface area contributed by atoms with Gasteiger partial charge in [0.2, 0.25) is 0 Å². The van der Waals surface area contributed by atoms with E-state index in [9.17, 15) is 0 Å². The zero-order chi connectivity index (χ0) is 14.7. The van der Waals surface area contributed by atoms with Crippen molar-refractivity contribution in [2.75, 3.05) is 7.05 Å². The molecule has 0 aliphatic heterocycles. The number of benzene rings is 1. The molecule has 1 N–H and O–H groups in total. The van der Waals surface area contributed by atoms with Gasteiger partial charge in [-0.1, -0.05) is 30.3 Å². The number of halogens is 1. The van der Waals surface area contributed by atoms with Crippen molar-refractivity contribution in [1.82, 2.24) is 10.3 Å². The van der Waals surface area contributed by atoms with Crippen LogP contribution in [0.2, 0.25) is 0 Å². The maximum atomic E-state index is 4.78. The number of nitrogens with zero attached hydrogens (tertiary/aromatic N) is 1. The Kier molecular flexibility index (Phi) is 4.85. The summed E-state index contributed by atoms with van der Waals surface area (Å²) in [5.41, 5.74) is 2.24. The molecular formula is C16H15BrN2S2. The third-order valence-electron chi connectivity index (χ3n) is 3.31. The quantitative estimate of drug-likeness (QED) is 0.664. The molecule has 1 unspecified atom stereocenters. The van der Waals surface area contributed by atoms with Crippen LogP contribution in [-0.4, -0.2) is 12.0 Å². The van der Waals surface area contributed by atoms with E-state index < -0.39 is 0 Å². The van der Waals surface area contributed by atoms with Crippen LogP contribution in [0.4, 0.5) is 0 Å². The first-order valence-electron chi connectivity index (χ1n) is 6.68. The fraction of sp³-hybridized carbons (Fsp3) is 0.188. The summed E-state index contributed by atoms with van der Waals surface area (Å²) in [4.78, 5) is 6.10. The first-order chi connectivity index (χ1) is 10.3. The highest BCUT2D eigenvalue weighted by atomic mass is 79.9. The molecule has 5 heteroatoms. The van der Waals surface area contributed by atoms with Crippen LogP contribution in [0.25, 0.3) is 11.3 Å². The molecule has 0 spiro atoms. The fourth-order valence-electron chi connectivity index (χ4n) is 2.20. The van der Waals surface area contributed by atoms with E-state index in [2.05, 4.69) is 50.2 Å². The SMILES string of the molecule is CNC(Cc1nc(-c2ccccc2)cs1)c1sccc1Br. The van der Waals surface area contributed by atoms with Gasteiger partial charge in [0, 0.05) is 32.8 Å². The van der Waals surface area contributed by atoms with Gasteiger partial charge in [-0.3, -0.25) is 0 Å². The van der Waals surface area contributed by atoms with E-state index in [1.165, 1.54) is 14.9 Å². The van der Waals surface area contributed by atoms with Crippen molar-refractivity contribution in [2.45, 2.75) is 12.5 Å². The first-order valence-corrected chi connectivity index (χ1v) is 9.23. The Morgan fingerprint density at radius 2 is 2.00 bits per heavy atom. The van der Waals surface area contributed by atoms with Crippen LogP contribution in [0.3, 0.4) is 0 Å². The van der Waals surface area contributed by atoms with Crippen molar-refractivity contribution in [2.24, 2.45) is 0 Å². The van der Waals surface area contributed by atoms with Crippen LogP contribution in [-0.2, 0) is 6.42 Å². The third-order valence-corrected chi connectivity index (χ3v) is 6.17. The molecule has 0 radical (unpaired) electrons. The summed E-state index contributed by atoms with van der Waals surface area (Å²) in [6.07, 6.45) is 0.910. The molecule has 1 aromatic carbocycles. The number of hydrogen-bond donors (Lipinski definition) is 1. The predicted molar refractivity (Wildman–Crippen MR) is 95.1 cm³/mol. The molecule has 21 heavy (non-hydrogen) atoms. The molecule has 0 amide bonds. The number of thiophene rings is 1. The lowest BCUT2D eigenvalue weighted by Crippen LogP contribution is -2.18. The zero-order valence-corrected chi connectivity index (χ0v) is 14.8. The molecule has 108 valence electrons. The van der Waals surface area contributed by atoms with Gasteiger partial charge in [0.25, 0.3) is 0 Å². The number of thiazole rings is 1. The van der Waals surface area contributed by atoms with Crippen LogP contribution in [0.1, 0.15) is 15.9 Å². The normalized spacial score (nSPS) is 12.5. The summed E-state index contributed by atoms with van der Waals surface area (Å²) in [6.45, 7) is 0. The fourth-order valence-corrected chi connectivity index (χ4v) is 4.81. The minimum absolute atomic E-state index is 0.300. The first kappa shape index (κ1) is 14.9. The lowest BCUT2D eigenvalue weighted by Gasteiger charge is -2.13. The number of aromatic nitrogens is 1. The van der Waals surface area contributed by atoms with Crippen molar-refractivity contribution in [3.63, 3.8) is 0 Å². The standard InChI is InChI=1S/C16H15BrN2S2/c1-18-13(16-12(17)7-8-20-16)9-15-19-14(10-21-15)11-5-3-2-4-6-11/h2-8,10,13,18H,9H2,1H3. The lowest BCUT2D eigenvalue weighted by atomic mass is 10.1. The highest BCUT2D eigenvalue weighted by molar-refractivity contribution is 9.10. The van der Waals surface area contributed by atoms with Crippen molar-refractivity contribution in [3.05, 3.63) is 61.5 Å². The average molecular weight is 379 g/mol. The molecule has 2 nitrogen and oxygen atoms in total. The van der Waals surface area contributed by atoms with Gasteiger partial charge in [0.15, 0.2) is 0 Å². The monoisotopic (exact) mass is 378 g/mol. The summed E-state index contributed by atoms with van der Waals surface area (Å²) >= 11 is 7.12. The lowest BCUT2D eigenvalue weighted by molar-refractivity contribution is 0.598. The second-order valence-corrected chi connectivity index (χ2v) is 7.42. The molecule has 2 aromatic heterocycles. The Labute approximate surface area is 141 Å². The van der Waals surface area contributed by atoms with Crippen LogP contribution >= 0.6 is 38.6 Å². The average Bonchev–Trinajstić information content (AvgIpc) is 3.15. The Morgan fingerprint density at radius 3 is 2.67 bits per heavy atom. The van der Waals surface area contributed by atoms with Gasteiger partial charge in [-0.2, -0.15) is 0 Å². The molecule has 0 saturated carbocycles. The maximum Gasteiger partial charge on any atom is 0.0951 e. The summed E-state index contributed by atoms with van der Waals surface area (Å²) in [5.74, 6) is 0. The second kappa shape index (κ2) is 6.83. The van der Waals surface area contributed by atoms with E-state index in [0.29, 0.717) is 6.04 Å². The molecule has 0 saturated heterocycles. The molecule has 0 aliphatic carbocycles. The van der Waals surface area contributed by atoms with Crippen molar-refractivity contribution >= 4 is 38.6 Å². The number of hydrogen-bond acceptors (Lipinski definition) is 4. The van der Waals surface area contributed by atoms with Gasteiger partial charge in [-0.25, -0.2) is 4.98 Å². The van der Waals surface area contributed by atoms with Gasteiger partial charge >= 0.3 is 0 Å². The van der Waals surface area contributed by atoms with Gasteiger partial charge in [0.1, 0.15) is 0 Å². The topological polar surface area (TPSA) is 24.9 Å². The molecular weight excluding hydrogens is 364 g/mol. The number of likely N-dealkylation sites (N-methyl/N-ethyl adjacent to an activating group) is 1. The Bertz CT molecular complexity index is 706. The largest absolute Gasteiger partial charge is 0.312 e. The van der Waals surface area contributed by atoms with Gasteiger partial charge in [-0.05, 0) is 34.4 Å². The Hall–Kier alpha value is -1.01. The predicted octanol–water partition coefficient (Wildman–Crippen LogP) is 5.14. The maximum absolute atomic E-state index is 4.78. The molecule has 0 fully saturated rings. The van der Waals surface area contributed by atoms with E-state index in [-0.39, 0.29) is 0 Å². The molecule has 3 rings (SSSR count). The van der Waals surface area contributed by atoms with Crippen molar-refractivity contribution < 1.29 is 0 Å². The molecule has 1 atom stereocenters.